The first-order valence-electron chi connectivity index (χ1n) is 10.8. The fourth-order valence-corrected chi connectivity index (χ4v) is 4.20. The van der Waals surface area contributed by atoms with Crippen LogP contribution in [0, 0.1) is 0 Å². The molecule has 1 N–H and O–H groups in total. The van der Waals surface area contributed by atoms with Gasteiger partial charge in [-0.2, -0.15) is 0 Å². The van der Waals surface area contributed by atoms with Gasteiger partial charge in [-0.1, -0.05) is 55.7 Å². The average Bonchev–Trinajstić information content (AvgIpc) is 3.10. The molecule has 1 aromatic carbocycles. The number of para-hydroxylation sites is 1. The van der Waals surface area contributed by atoms with E-state index in [0.29, 0.717) is 11.4 Å². The highest BCUT2D eigenvalue weighted by Gasteiger charge is 2.30. The number of anilines is 1. The number of nitrogens with zero attached hydrogens (tertiary/aromatic N) is 2. The molecular formula is C26H27N3O4S. The van der Waals surface area contributed by atoms with Gasteiger partial charge in [-0.25, -0.2) is 0 Å². The molecule has 4 amide bonds. The van der Waals surface area contributed by atoms with Crippen molar-refractivity contribution >= 4 is 47.2 Å². The first-order valence-corrected chi connectivity index (χ1v) is 12.1. The van der Waals surface area contributed by atoms with Gasteiger partial charge in [0.15, 0.2) is 0 Å². The number of nitrogens with one attached hydrogen (secondary N) is 1. The molecule has 34 heavy (non-hydrogen) atoms. The van der Waals surface area contributed by atoms with E-state index < -0.39 is 5.91 Å². The molecule has 7 nitrogen and oxygen atoms in total. The van der Waals surface area contributed by atoms with Gasteiger partial charge in [0.05, 0.1) is 17.1 Å². The highest BCUT2D eigenvalue weighted by atomic mass is 32.2. The van der Waals surface area contributed by atoms with Gasteiger partial charge in [0.1, 0.15) is 0 Å². The van der Waals surface area contributed by atoms with E-state index in [4.69, 9.17) is 0 Å². The third-order valence-electron chi connectivity index (χ3n) is 5.56. The third kappa shape index (κ3) is 5.63. The largest absolute Gasteiger partial charge is 0.356 e. The van der Waals surface area contributed by atoms with Crippen LogP contribution >= 0.6 is 11.8 Å². The highest BCUT2D eigenvalue weighted by molar-refractivity contribution is 8.03. The number of rotatable bonds is 9. The SMILES string of the molecule is C=CC1=C(\C=C)CN(C(=O)CCNC(=O)CCN2C(=O)C=C(SC)C2=O)c2ccccc2/C=C\1. The number of benzene rings is 1. The first-order chi connectivity index (χ1) is 16.4. The Morgan fingerprint density at radius 1 is 1.12 bits per heavy atom. The summed E-state index contributed by atoms with van der Waals surface area (Å²) < 4.78 is 0. The van der Waals surface area contributed by atoms with Crippen LogP contribution in [0.15, 0.2) is 77.8 Å². The number of carbonyl (C=O) groups is 4. The number of amides is 4. The minimum absolute atomic E-state index is 0.00165. The molecule has 0 unspecified atom stereocenters. The van der Waals surface area contributed by atoms with Crippen molar-refractivity contribution in [1.29, 1.82) is 0 Å². The number of thioether (sulfide) groups is 1. The second-order valence-corrected chi connectivity index (χ2v) is 8.47. The zero-order chi connectivity index (χ0) is 24.7. The molecule has 8 heteroatoms. The molecule has 2 aliphatic heterocycles. The van der Waals surface area contributed by atoms with Crippen molar-refractivity contribution in [3.05, 3.63) is 83.3 Å². The number of fused-ring (bicyclic) bond motifs is 1. The van der Waals surface area contributed by atoms with Crippen LogP contribution in [0.1, 0.15) is 18.4 Å². The average molecular weight is 478 g/mol. The topological polar surface area (TPSA) is 86.8 Å². The molecule has 0 radical (unpaired) electrons. The lowest BCUT2D eigenvalue weighted by Gasteiger charge is -2.27. The van der Waals surface area contributed by atoms with E-state index >= 15 is 0 Å². The Morgan fingerprint density at radius 3 is 2.56 bits per heavy atom. The predicted molar refractivity (Wildman–Crippen MR) is 136 cm³/mol. The summed E-state index contributed by atoms with van der Waals surface area (Å²) in [7, 11) is 0. The summed E-state index contributed by atoms with van der Waals surface area (Å²) in [5, 5.41) is 2.71. The summed E-state index contributed by atoms with van der Waals surface area (Å²) in [6.07, 6.45) is 10.4. The quantitative estimate of drug-likeness (QED) is 0.552. The molecule has 0 aliphatic carbocycles. The molecule has 0 bridgehead atoms. The summed E-state index contributed by atoms with van der Waals surface area (Å²) in [4.78, 5) is 52.5. The second kappa shape index (κ2) is 11.5. The number of hydrogen-bond donors (Lipinski definition) is 1. The fraction of sp³-hybridized carbons (Fsp3) is 0.231. The van der Waals surface area contributed by atoms with Crippen LogP contribution in [-0.4, -0.2) is 54.4 Å². The lowest BCUT2D eigenvalue weighted by Crippen LogP contribution is -2.38. The molecule has 0 saturated carbocycles. The van der Waals surface area contributed by atoms with E-state index in [1.54, 1.807) is 23.3 Å². The van der Waals surface area contributed by atoms with Crippen molar-refractivity contribution < 1.29 is 19.2 Å². The number of hydrogen-bond acceptors (Lipinski definition) is 5. The Labute approximate surface area is 203 Å². The van der Waals surface area contributed by atoms with E-state index in [1.807, 2.05) is 36.4 Å². The van der Waals surface area contributed by atoms with Crippen molar-refractivity contribution in [3.63, 3.8) is 0 Å². The van der Waals surface area contributed by atoms with Gasteiger partial charge in [0.2, 0.25) is 11.8 Å². The van der Waals surface area contributed by atoms with E-state index in [1.165, 1.54) is 17.8 Å². The number of carbonyl (C=O) groups excluding carboxylic acids is 4. The van der Waals surface area contributed by atoms with Crippen LogP contribution in [0.3, 0.4) is 0 Å². The number of imide groups is 1. The monoisotopic (exact) mass is 477 g/mol. The Bertz CT molecular complexity index is 1130. The summed E-state index contributed by atoms with van der Waals surface area (Å²) in [6.45, 7) is 8.21. The van der Waals surface area contributed by atoms with Crippen LogP contribution < -0.4 is 10.2 Å². The molecule has 0 fully saturated rings. The van der Waals surface area contributed by atoms with Gasteiger partial charge in [0, 0.05) is 32.0 Å². The summed E-state index contributed by atoms with van der Waals surface area (Å²) in [5.74, 6) is -1.27. The van der Waals surface area contributed by atoms with Crippen LogP contribution in [-0.2, 0) is 19.2 Å². The van der Waals surface area contributed by atoms with Crippen molar-refractivity contribution in [3.8, 4) is 0 Å². The molecule has 3 rings (SSSR count). The van der Waals surface area contributed by atoms with E-state index in [-0.39, 0.29) is 43.7 Å². The van der Waals surface area contributed by atoms with E-state index in [2.05, 4.69) is 18.5 Å². The Kier molecular flexibility index (Phi) is 8.43. The minimum atomic E-state index is -0.410. The number of allylic oxidation sites excluding steroid dienone is 3. The maximum atomic E-state index is 13.1. The fourth-order valence-electron chi connectivity index (χ4n) is 3.70. The molecule has 0 spiro atoms. The summed E-state index contributed by atoms with van der Waals surface area (Å²) in [5.41, 5.74) is 3.44. The van der Waals surface area contributed by atoms with Crippen molar-refractivity contribution in [1.82, 2.24) is 10.2 Å². The van der Waals surface area contributed by atoms with Crippen LogP contribution in [0.4, 0.5) is 5.69 Å². The lowest BCUT2D eigenvalue weighted by molar-refractivity contribution is -0.137. The molecule has 176 valence electrons. The highest BCUT2D eigenvalue weighted by Crippen LogP contribution is 2.28. The standard InChI is InChI=1S/C26H27N3O4S/c1-4-18-10-11-20-8-6-7-9-21(20)29(17-19(18)5-2)24(31)12-14-27-23(30)13-15-28-25(32)16-22(34-3)26(28)33/h4-11,16H,1-2,12-15,17H2,3H3,(H,27,30)/b11-10-,19-18-. The maximum Gasteiger partial charge on any atom is 0.267 e. The van der Waals surface area contributed by atoms with Gasteiger partial charge in [-0.15, -0.1) is 11.8 Å². The van der Waals surface area contributed by atoms with Crippen molar-refractivity contribution in [2.24, 2.45) is 0 Å². The van der Waals surface area contributed by atoms with Gasteiger partial charge in [-0.3, -0.25) is 24.1 Å². The predicted octanol–water partition coefficient (Wildman–Crippen LogP) is 3.23. The van der Waals surface area contributed by atoms with E-state index in [0.717, 1.165) is 27.3 Å². The lowest BCUT2D eigenvalue weighted by atomic mass is 10.0. The molecule has 2 heterocycles. The zero-order valence-corrected chi connectivity index (χ0v) is 19.9. The van der Waals surface area contributed by atoms with Gasteiger partial charge in [-0.05, 0) is 29.0 Å². The van der Waals surface area contributed by atoms with Gasteiger partial charge in [0.25, 0.3) is 11.8 Å². The van der Waals surface area contributed by atoms with Crippen LogP contribution in [0.5, 0.6) is 0 Å². The van der Waals surface area contributed by atoms with Crippen molar-refractivity contribution in [2.45, 2.75) is 12.8 Å². The molecular weight excluding hydrogens is 450 g/mol. The smallest absolute Gasteiger partial charge is 0.267 e. The Morgan fingerprint density at radius 2 is 1.88 bits per heavy atom. The van der Waals surface area contributed by atoms with Crippen LogP contribution in [0.2, 0.25) is 0 Å². The van der Waals surface area contributed by atoms with Gasteiger partial charge >= 0.3 is 0 Å². The van der Waals surface area contributed by atoms with Crippen molar-refractivity contribution in [2.75, 3.05) is 30.8 Å². The molecule has 0 atom stereocenters. The summed E-state index contributed by atoms with van der Waals surface area (Å²) >= 11 is 1.20. The normalized spacial score (nSPS) is 18.6. The molecule has 1 aromatic rings. The molecule has 0 saturated heterocycles. The van der Waals surface area contributed by atoms with E-state index in [9.17, 15) is 19.2 Å². The first kappa shape index (κ1) is 25.0. The van der Waals surface area contributed by atoms with Crippen LogP contribution in [0.25, 0.3) is 6.08 Å². The summed E-state index contributed by atoms with van der Waals surface area (Å²) in [6, 6.07) is 7.61. The molecule has 0 aromatic heterocycles. The zero-order valence-electron chi connectivity index (χ0n) is 19.1. The Hall–Kier alpha value is -3.65. The third-order valence-corrected chi connectivity index (χ3v) is 6.29. The molecule has 2 aliphatic rings. The maximum absolute atomic E-state index is 13.1. The van der Waals surface area contributed by atoms with Gasteiger partial charge < -0.3 is 10.2 Å². The minimum Gasteiger partial charge on any atom is -0.356 e. The second-order valence-electron chi connectivity index (χ2n) is 7.62. The Balaban J connectivity index is 1.59.